The Balaban J connectivity index is 2.61. The highest BCUT2D eigenvalue weighted by atomic mass is 16.1. The van der Waals surface area contributed by atoms with Gasteiger partial charge in [0.2, 0.25) is 0 Å². The van der Waals surface area contributed by atoms with E-state index in [4.69, 9.17) is 0 Å². The van der Waals surface area contributed by atoms with Crippen LogP contribution in [0, 0.1) is 11.3 Å². The van der Waals surface area contributed by atoms with Crippen LogP contribution in [0.15, 0.2) is 18.2 Å². The number of carbonyl (C=O) groups excluding carboxylic acids is 2. The van der Waals surface area contributed by atoms with Crippen LogP contribution in [0.25, 0.3) is 12.2 Å². The summed E-state index contributed by atoms with van der Waals surface area (Å²) in [7, 11) is 0. The van der Waals surface area contributed by atoms with Crippen molar-refractivity contribution in [1.29, 1.82) is 0 Å². The number of hydrogen-bond acceptors (Lipinski definition) is 2. The van der Waals surface area contributed by atoms with Gasteiger partial charge in [-0.05, 0) is 24.3 Å². The van der Waals surface area contributed by atoms with Crippen LogP contribution in [0.1, 0.15) is 31.3 Å². The number of aromatic nitrogens is 1. The highest BCUT2D eigenvalue weighted by molar-refractivity contribution is 5.94. The van der Waals surface area contributed by atoms with E-state index in [1.54, 1.807) is 6.07 Å². The van der Waals surface area contributed by atoms with Crippen molar-refractivity contribution >= 4 is 24.2 Å². The highest BCUT2D eigenvalue weighted by Gasteiger charge is 2.30. The maximum Gasteiger partial charge on any atom is 0.166 e. The molecule has 1 heterocycles. The Hall–Kier alpha value is -1.90. The van der Waals surface area contributed by atoms with E-state index in [-0.39, 0.29) is 11.7 Å². The number of Topliss-reactive ketones (excluding diaryl/α,β-unsaturated/α-hetero) is 1. The van der Waals surface area contributed by atoms with Crippen molar-refractivity contribution in [1.82, 2.24) is 4.98 Å². The first-order valence-corrected chi connectivity index (χ1v) is 6.07. The number of hydrogen-bond donors (Lipinski definition) is 1. The van der Waals surface area contributed by atoms with Crippen molar-refractivity contribution in [2.45, 2.75) is 20.8 Å². The van der Waals surface area contributed by atoms with Gasteiger partial charge in [0.05, 0.1) is 11.1 Å². The van der Waals surface area contributed by atoms with E-state index in [0.29, 0.717) is 5.69 Å². The maximum atomic E-state index is 12.3. The van der Waals surface area contributed by atoms with Gasteiger partial charge in [-0.15, -0.1) is 0 Å². The molecule has 3 heteroatoms. The third kappa shape index (κ3) is 2.08. The Bertz CT molecular complexity index is 634. The maximum absolute atomic E-state index is 12.3. The summed E-state index contributed by atoms with van der Waals surface area (Å²) in [6.07, 6.45) is 8.37. The first kappa shape index (κ1) is 12.6. The molecule has 0 fully saturated rings. The smallest absolute Gasteiger partial charge is 0.166 e. The molecular formula is C15H17NO2. The Morgan fingerprint density at radius 1 is 1.44 bits per heavy atom. The minimum absolute atomic E-state index is 0.0260. The van der Waals surface area contributed by atoms with Crippen LogP contribution >= 0.6 is 0 Å². The molecule has 1 atom stereocenters. The average molecular weight is 243 g/mol. The molecule has 1 unspecified atom stereocenters. The second kappa shape index (κ2) is 4.41. The molecule has 1 aliphatic rings. The van der Waals surface area contributed by atoms with Crippen LogP contribution in [0.5, 0.6) is 0 Å². The lowest BCUT2D eigenvalue weighted by Crippen LogP contribution is -2.31. The van der Waals surface area contributed by atoms with Crippen LogP contribution in [0.2, 0.25) is 0 Å². The Morgan fingerprint density at radius 2 is 2.17 bits per heavy atom. The van der Waals surface area contributed by atoms with Gasteiger partial charge in [-0.3, -0.25) is 9.59 Å². The monoisotopic (exact) mass is 243 g/mol. The minimum atomic E-state index is -0.613. The molecule has 0 bridgehead atoms. The molecule has 18 heavy (non-hydrogen) atoms. The van der Waals surface area contributed by atoms with Crippen molar-refractivity contribution in [3.63, 3.8) is 0 Å². The molecular weight excluding hydrogens is 226 g/mol. The van der Waals surface area contributed by atoms with E-state index in [1.165, 1.54) is 0 Å². The van der Waals surface area contributed by atoms with Gasteiger partial charge in [-0.1, -0.05) is 32.1 Å². The van der Waals surface area contributed by atoms with Gasteiger partial charge in [0.1, 0.15) is 5.78 Å². The van der Waals surface area contributed by atoms with Crippen LogP contribution in [-0.4, -0.2) is 17.1 Å². The molecule has 0 aliphatic heterocycles. The van der Waals surface area contributed by atoms with Crippen LogP contribution in [-0.2, 0) is 4.79 Å². The normalized spacial score (nSPS) is 21.8. The molecule has 0 aromatic carbocycles. The lowest BCUT2D eigenvalue weighted by molar-refractivity contribution is -0.126. The standard InChI is InChI=1S/C15H17NO2/c1-10(2)14(18)15(3)6-4-5-13-11(8-15)7-12(9-17)16-13/h4-10,16H,1-3H3. The van der Waals surface area contributed by atoms with E-state index in [9.17, 15) is 9.59 Å². The van der Waals surface area contributed by atoms with Gasteiger partial charge in [0, 0.05) is 11.3 Å². The number of fused-ring (bicyclic) bond motifs is 1. The second-order valence-corrected chi connectivity index (χ2v) is 5.18. The Morgan fingerprint density at radius 3 is 2.78 bits per heavy atom. The highest BCUT2D eigenvalue weighted by Crippen LogP contribution is 2.26. The summed E-state index contributed by atoms with van der Waals surface area (Å²) in [5, 5.41) is 1.77. The number of ketones is 1. The first-order chi connectivity index (χ1) is 8.46. The largest absolute Gasteiger partial charge is 0.352 e. The summed E-state index contributed by atoms with van der Waals surface area (Å²) in [6.45, 7) is 5.71. The van der Waals surface area contributed by atoms with Crippen LogP contribution in [0.3, 0.4) is 0 Å². The lowest BCUT2D eigenvalue weighted by atomic mass is 9.80. The molecule has 0 spiro atoms. The number of rotatable bonds is 3. The predicted octanol–water partition coefficient (Wildman–Crippen LogP) is 1.19. The number of nitrogens with one attached hydrogen (secondary N) is 1. The fraction of sp³-hybridized carbons (Fsp3) is 0.333. The topological polar surface area (TPSA) is 49.9 Å². The molecule has 2 rings (SSSR count). The minimum Gasteiger partial charge on any atom is -0.352 e. The molecule has 0 saturated heterocycles. The van der Waals surface area contributed by atoms with Crippen molar-refractivity contribution in [3.8, 4) is 0 Å². The second-order valence-electron chi connectivity index (χ2n) is 5.18. The molecule has 1 N–H and O–H groups in total. The van der Waals surface area contributed by atoms with E-state index >= 15 is 0 Å². The first-order valence-electron chi connectivity index (χ1n) is 6.07. The molecule has 1 aromatic heterocycles. The molecule has 1 aromatic rings. The molecule has 0 radical (unpaired) electrons. The van der Waals surface area contributed by atoms with Gasteiger partial charge in [0.15, 0.2) is 6.29 Å². The average Bonchev–Trinajstić information content (AvgIpc) is 2.63. The van der Waals surface area contributed by atoms with Gasteiger partial charge >= 0.3 is 0 Å². The van der Waals surface area contributed by atoms with Crippen molar-refractivity contribution in [3.05, 3.63) is 34.5 Å². The van der Waals surface area contributed by atoms with Crippen molar-refractivity contribution in [2.75, 3.05) is 0 Å². The quantitative estimate of drug-likeness (QED) is 0.811. The van der Waals surface area contributed by atoms with Gasteiger partial charge in [0.25, 0.3) is 0 Å². The summed E-state index contributed by atoms with van der Waals surface area (Å²) in [5.74, 6) is 0.149. The van der Waals surface area contributed by atoms with E-state index < -0.39 is 5.41 Å². The van der Waals surface area contributed by atoms with Crippen LogP contribution in [0.4, 0.5) is 0 Å². The number of allylic oxidation sites excluding steroid dienone is 2. The van der Waals surface area contributed by atoms with E-state index in [1.807, 2.05) is 45.1 Å². The number of H-pyrrole nitrogens is 1. The zero-order valence-electron chi connectivity index (χ0n) is 10.9. The zero-order valence-corrected chi connectivity index (χ0v) is 10.9. The van der Waals surface area contributed by atoms with Crippen molar-refractivity contribution in [2.24, 2.45) is 11.3 Å². The fourth-order valence-electron chi connectivity index (χ4n) is 2.32. The zero-order chi connectivity index (χ0) is 13.3. The van der Waals surface area contributed by atoms with Gasteiger partial charge in [-0.25, -0.2) is 0 Å². The predicted molar refractivity (Wildman–Crippen MR) is 71.5 cm³/mol. The summed E-state index contributed by atoms with van der Waals surface area (Å²) in [5.41, 5.74) is -0.0831. The summed E-state index contributed by atoms with van der Waals surface area (Å²) >= 11 is 0. The van der Waals surface area contributed by atoms with Crippen molar-refractivity contribution < 1.29 is 9.59 Å². The Labute approximate surface area is 106 Å². The summed E-state index contributed by atoms with van der Waals surface area (Å²) in [6, 6.07) is 1.78. The molecule has 1 aliphatic carbocycles. The van der Waals surface area contributed by atoms with E-state index in [0.717, 1.165) is 16.9 Å². The molecule has 0 amide bonds. The molecule has 3 nitrogen and oxygen atoms in total. The summed E-state index contributed by atoms with van der Waals surface area (Å²) < 4.78 is 0. The van der Waals surface area contributed by atoms with E-state index in [2.05, 4.69) is 4.98 Å². The van der Waals surface area contributed by atoms with Gasteiger partial charge in [-0.2, -0.15) is 0 Å². The third-order valence-corrected chi connectivity index (χ3v) is 3.24. The SMILES string of the molecule is CC(C)C(=O)C1(C)C=CC=c2[nH]c(C=O)cc2=C1. The summed E-state index contributed by atoms with van der Waals surface area (Å²) in [4.78, 5) is 26.1. The number of aromatic amines is 1. The lowest BCUT2D eigenvalue weighted by Gasteiger charge is -2.22. The number of aldehydes is 1. The third-order valence-electron chi connectivity index (χ3n) is 3.24. The Kier molecular flexibility index (Phi) is 3.07. The number of carbonyl (C=O) groups is 2. The van der Waals surface area contributed by atoms with Crippen LogP contribution < -0.4 is 10.6 Å². The van der Waals surface area contributed by atoms with Gasteiger partial charge < -0.3 is 4.98 Å². The molecule has 0 saturated carbocycles. The molecule has 94 valence electrons. The fourth-order valence-corrected chi connectivity index (χ4v) is 2.32.